The van der Waals surface area contributed by atoms with Crippen molar-refractivity contribution in [3.63, 3.8) is 0 Å². The second-order valence-electron chi connectivity index (χ2n) is 3.71. The van der Waals surface area contributed by atoms with E-state index in [9.17, 15) is 15.3 Å². The molecule has 0 aromatic rings. The van der Waals surface area contributed by atoms with Crippen LogP contribution < -0.4 is 5.06 Å². The minimum atomic E-state index is -1.23. The van der Waals surface area contributed by atoms with Crippen molar-refractivity contribution in [1.29, 1.82) is 0 Å². The van der Waals surface area contributed by atoms with Gasteiger partial charge in [-0.15, -0.1) is 0 Å². The monoisotopic (exact) mass is 208 g/mol. The average Bonchev–Trinajstić information content (AvgIpc) is 2.10. The summed E-state index contributed by atoms with van der Waals surface area (Å²) in [6.45, 7) is 1.61. The van der Waals surface area contributed by atoms with E-state index in [2.05, 4.69) is 0 Å². The highest BCUT2D eigenvalue weighted by Crippen LogP contribution is 2.20. The molecule has 1 heterocycles. The molecule has 0 amide bonds. The van der Waals surface area contributed by atoms with Gasteiger partial charge >= 0.3 is 0 Å². The number of aliphatic hydroxyl groups is 3. The van der Waals surface area contributed by atoms with Crippen LogP contribution >= 0.6 is 0 Å². The molecule has 0 unspecified atom stereocenters. The van der Waals surface area contributed by atoms with E-state index in [-0.39, 0.29) is 0 Å². The zero-order valence-corrected chi connectivity index (χ0v) is 8.54. The third-order valence-electron chi connectivity index (χ3n) is 2.16. The highest BCUT2D eigenvalue weighted by molar-refractivity contribution is 4.86. The van der Waals surface area contributed by atoms with Crippen molar-refractivity contribution in [2.24, 2.45) is 0 Å². The van der Waals surface area contributed by atoms with Crippen LogP contribution in [0.3, 0.4) is 0 Å². The number of hydrogen-bond donors (Lipinski definition) is 4. The molecular formula is C8H18NO5+. The third kappa shape index (κ3) is 2.41. The topological polar surface area (TPSA) is 83.6 Å². The molecule has 1 saturated heterocycles. The van der Waals surface area contributed by atoms with Gasteiger partial charge in [-0.25, -0.2) is 0 Å². The summed E-state index contributed by atoms with van der Waals surface area (Å²) in [5.74, 6) is 0. The van der Waals surface area contributed by atoms with Crippen LogP contribution in [0.4, 0.5) is 0 Å². The molecule has 4 N–H and O–H groups in total. The summed E-state index contributed by atoms with van der Waals surface area (Å²) in [5, 5.41) is 28.9. The summed E-state index contributed by atoms with van der Waals surface area (Å²) in [6, 6.07) is 0. The molecule has 1 rings (SSSR count). The average molecular weight is 208 g/mol. The van der Waals surface area contributed by atoms with Gasteiger partial charge < -0.3 is 20.1 Å². The van der Waals surface area contributed by atoms with Crippen molar-refractivity contribution < 1.29 is 30.0 Å². The van der Waals surface area contributed by atoms with Gasteiger partial charge in [-0.05, 0) is 6.92 Å². The van der Waals surface area contributed by atoms with Crippen molar-refractivity contribution in [2.45, 2.75) is 37.6 Å². The van der Waals surface area contributed by atoms with Crippen LogP contribution in [0.1, 0.15) is 6.92 Å². The molecule has 6 nitrogen and oxygen atoms in total. The van der Waals surface area contributed by atoms with Gasteiger partial charge in [0.25, 0.3) is 0 Å². The van der Waals surface area contributed by atoms with E-state index in [4.69, 9.17) is 9.57 Å². The van der Waals surface area contributed by atoms with Gasteiger partial charge in [-0.2, -0.15) is 9.90 Å². The number of rotatable bonds is 2. The second kappa shape index (κ2) is 4.52. The Hall–Kier alpha value is -0.240. The van der Waals surface area contributed by atoms with Crippen molar-refractivity contribution in [3.8, 4) is 0 Å². The lowest BCUT2D eigenvalue weighted by molar-refractivity contribution is -1.07. The number of hydrogen-bond acceptors (Lipinski definition) is 5. The molecule has 14 heavy (non-hydrogen) atoms. The molecule has 0 radical (unpaired) electrons. The second-order valence-corrected chi connectivity index (χ2v) is 3.71. The van der Waals surface area contributed by atoms with E-state index in [1.165, 1.54) is 0 Å². The van der Waals surface area contributed by atoms with Gasteiger partial charge in [0.2, 0.25) is 6.29 Å². The van der Waals surface area contributed by atoms with Crippen LogP contribution in [0.5, 0.6) is 0 Å². The van der Waals surface area contributed by atoms with E-state index < -0.39 is 30.7 Å². The first-order valence-corrected chi connectivity index (χ1v) is 4.60. The molecule has 0 saturated carbocycles. The highest BCUT2D eigenvalue weighted by atomic mass is 16.8. The van der Waals surface area contributed by atoms with Crippen LogP contribution in [0, 0.1) is 0 Å². The Morgan fingerprint density at radius 1 is 1.07 bits per heavy atom. The first kappa shape index (κ1) is 11.8. The molecule has 0 aromatic carbocycles. The lowest BCUT2D eigenvalue weighted by Crippen LogP contribution is -3.06. The summed E-state index contributed by atoms with van der Waals surface area (Å²) in [4.78, 5) is 5.17. The lowest BCUT2D eigenvalue weighted by Gasteiger charge is -2.38. The van der Waals surface area contributed by atoms with Gasteiger partial charge in [0.1, 0.15) is 18.3 Å². The molecule has 0 aliphatic carbocycles. The molecule has 0 aromatic heterocycles. The maximum Gasteiger partial charge on any atom is 0.244 e. The zero-order valence-electron chi connectivity index (χ0n) is 8.54. The van der Waals surface area contributed by atoms with Crippen LogP contribution in [0.25, 0.3) is 0 Å². The SMILES string of the molecule is C[C@@H]1O[C@@H](O[NH+](C)C)[C@H](O)[C@@H](O)[C@H]1O. The number of hydroxylamine groups is 2. The van der Waals surface area contributed by atoms with E-state index in [0.717, 1.165) is 0 Å². The highest BCUT2D eigenvalue weighted by Gasteiger charge is 2.44. The molecule has 0 spiro atoms. The van der Waals surface area contributed by atoms with E-state index in [0.29, 0.717) is 5.06 Å². The van der Waals surface area contributed by atoms with Crippen molar-refractivity contribution in [3.05, 3.63) is 0 Å². The maximum absolute atomic E-state index is 9.50. The minimum absolute atomic E-state index is 0.558. The van der Waals surface area contributed by atoms with Crippen molar-refractivity contribution >= 4 is 0 Å². The van der Waals surface area contributed by atoms with Gasteiger partial charge in [0.15, 0.2) is 0 Å². The summed E-state index contributed by atoms with van der Waals surface area (Å²) < 4.78 is 5.19. The predicted molar refractivity (Wildman–Crippen MR) is 46.3 cm³/mol. The maximum atomic E-state index is 9.50. The van der Waals surface area contributed by atoms with Gasteiger partial charge in [0, 0.05) is 0 Å². The molecule has 1 fully saturated rings. The predicted octanol–water partition coefficient (Wildman–Crippen LogP) is -3.11. The van der Waals surface area contributed by atoms with Gasteiger partial charge in [-0.3, -0.25) is 0 Å². The van der Waals surface area contributed by atoms with E-state index >= 15 is 0 Å². The summed E-state index contributed by atoms with van der Waals surface area (Å²) in [5.41, 5.74) is 0. The van der Waals surface area contributed by atoms with Gasteiger partial charge in [0.05, 0.1) is 20.2 Å². The van der Waals surface area contributed by atoms with Crippen molar-refractivity contribution in [2.75, 3.05) is 14.1 Å². The minimum Gasteiger partial charge on any atom is -0.388 e. The number of nitrogens with one attached hydrogen (secondary N) is 1. The lowest BCUT2D eigenvalue weighted by atomic mass is 10.0. The first-order chi connectivity index (χ1) is 6.43. The largest absolute Gasteiger partial charge is 0.388 e. The Kier molecular flexibility index (Phi) is 3.82. The van der Waals surface area contributed by atoms with Crippen molar-refractivity contribution in [1.82, 2.24) is 0 Å². The standard InChI is InChI=1S/C8H17NO5/c1-4-5(10)6(11)7(12)8(13-4)14-9(2)3/h4-8,10-12H,1-3H3/p+1/t4-,5-,6-,7+,8-/m0/s1. The molecule has 84 valence electrons. The Balaban J connectivity index is 2.60. The van der Waals surface area contributed by atoms with Crippen LogP contribution in [-0.4, -0.2) is 60.1 Å². The van der Waals surface area contributed by atoms with Gasteiger partial charge in [-0.1, -0.05) is 0 Å². The molecule has 1 aliphatic heterocycles. The molecule has 5 atom stereocenters. The zero-order chi connectivity index (χ0) is 10.9. The molecular weight excluding hydrogens is 190 g/mol. The summed E-state index contributed by atoms with van der Waals surface area (Å²) in [6.07, 6.45) is -5.01. The molecule has 1 aliphatic rings. The number of ether oxygens (including phenoxy) is 1. The van der Waals surface area contributed by atoms with Crippen LogP contribution in [0.2, 0.25) is 0 Å². The summed E-state index contributed by atoms with van der Waals surface area (Å²) in [7, 11) is 3.44. The molecule has 0 bridgehead atoms. The normalized spacial score (nSPS) is 44.4. The number of quaternary nitrogens is 1. The van der Waals surface area contributed by atoms with Crippen LogP contribution in [0.15, 0.2) is 0 Å². The number of aliphatic hydroxyl groups excluding tert-OH is 3. The first-order valence-electron chi connectivity index (χ1n) is 4.60. The fourth-order valence-corrected chi connectivity index (χ4v) is 1.34. The third-order valence-corrected chi connectivity index (χ3v) is 2.16. The van der Waals surface area contributed by atoms with Crippen LogP contribution in [-0.2, 0) is 9.57 Å². The Morgan fingerprint density at radius 2 is 1.64 bits per heavy atom. The van der Waals surface area contributed by atoms with E-state index in [1.807, 2.05) is 0 Å². The quantitative estimate of drug-likeness (QED) is 0.361. The fourth-order valence-electron chi connectivity index (χ4n) is 1.34. The Morgan fingerprint density at radius 3 is 2.14 bits per heavy atom. The molecule has 6 heteroatoms. The summed E-state index contributed by atoms with van der Waals surface area (Å²) >= 11 is 0. The van der Waals surface area contributed by atoms with E-state index in [1.54, 1.807) is 21.0 Å². The fraction of sp³-hybridized carbons (Fsp3) is 1.00. The Bertz CT molecular complexity index is 189. The Labute approximate surface area is 82.6 Å². The smallest absolute Gasteiger partial charge is 0.244 e.